The number of piperazine rings is 1. The first-order chi connectivity index (χ1) is 14.4. The molecular weight excluding hydrogens is 412 g/mol. The summed E-state index contributed by atoms with van der Waals surface area (Å²) in [4.78, 5) is 43.6. The van der Waals surface area contributed by atoms with E-state index in [1.54, 1.807) is 41.0 Å². The van der Waals surface area contributed by atoms with E-state index in [2.05, 4.69) is 10.3 Å². The zero-order valence-electron chi connectivity index (χ0n) is 16.3. The van der Waals surface area contributed by atoms with Crippen molar-refractivity contribution in [2.45, 2.75) is 6.92 Å². The molecule has 3 rings (SSSR count). The normalized spacial score (nSPS) is 13.7. The number of aromatic carboxylic acids is 1. The summed E-state index contributed by atoms with van der Waals surface area (Å²) < 4.78 is 4.99. The van der Waals surface area contributed by atoms with Gasteiger partial charge in [-0.2, -0.15) is 0 Å². The number of aromatic nitrogens is 1. The second-order valence-electron chi connectivity index (χ2n) is 6.53. The molecule has 1 fully saturated rings. The van der Waals surface area contributed by atoms with Gasteiger partial charge in [-0.3, -0.25) is 4.79 Å². The van der Waals surface area contributed by atoms with Crippen LogP contribution in [-0.4, -0.2) is 65.7 Å². The number of carbonyl (C=O) groups is 3. The van der Waals surface area contributed by atoms with E-state index in [-0.39, 0.29) is 23.2 Å². The Morgan fingerprint density at radius 3 is 2.43 bits per heavy atom. The van der Waals surface area contributed by atoms with E-state index < -0.39 is 11.9 Å². The minimum Gasteiger partial charge on any atom is -0.478 e. The number of nitrogens with one attached hydrogen (secondary N) is 1. The Kier molecular flexibility index (Phi) is 6.73. The van der Waals surface area contributed by atoms with Gasteiger partial charge in [0.1, 0.15) is 11.4 Å². The van der Waals surface area contributed by atoms with Crippen molar-refractivity contribution in [2.75, 3.05) is 43.0 Å². The van der Waals surface area contributed by atoms with Gasteiger partial charge in [0.2, 0.25) is 0 Å². The van der Waals surface area contributed by atoms with Crippen LogP contribution in [-0.2, 0) is 4.74 Å². The number of benzene rings is 1. The second kappa shape index (κ2) is 9.45. The zero-order valence-corrected chi connectivity index (χ0v) is 17.1. The van der Waals surface area contributed by atoms with Gasteiger partial charge in [0.05, 0.1) is 18.5 Å². The average molecular weight is 433 g/mol. The van der Waals surface area contributed by atoms with Crippen molar-refractivity contribution in [2.24, 2.45) is 0 Å². The van der Waals surface area contributed by atoms with E-state index in [4.69, 9.17) is 16.3 Å². The first kappa shape index (κ1) is 21.4. The van der Waals surface area contributed by atoms with Crippen molar-refractivity contribution < 1.29 is 24.2 Å². The Bertz CT molecular complexity index is 943. The fraction of sp³-hybridized carbons (Fsp3) is 0.300. The summed E-state index contributed by atoms with van der Waals surface area (Å²) >= 11 is 5.83. The minimum absolute atomic E-state index is 0.0338. The quantitative estimate of drug-likeness (QED) is 0.746. The average Bonchev–Trinajstić information content (AvgIpc) is 2.74. The van der Waals surface area contributed by atoms with E-state index in [0.29, 0.717) is 43.4 Å². The molecule has 10 heteroatoms. The molecule has 2 amide bonds. The summed E-state index contributed by atoms with van der Waals surface area (Å²) in [6.45, 7) is 3.67. The van der Waals surface area contributed by atoms with Gasteiger partial charge in [-0.1, -0.05) is 11.6 Å². The van der Waals surface area contributed by atoms with Crippen molar-refractivity contribution in [3.63, 3.8) is 0 Å². The molecule has 1 aromatic carbocycles. The maximum atomic E-state index is 12.4. The van der Waals surface area contributed by atoms with Crippen molar-refractivity contribution in [1.29, 1.82) is 0 Å². The van der Waals surface area contributed by atoms with E-state index in [1.807, 2.05) is 0 Å². The van der Waals surface area contributed by atoms with E-state index in [9.17, 15) is 19.5 Å². The van der Waals surface area contributed by atoms with Crippen LogP contribution in [0.4, 0.5) is 16.3 Å². The number of carboxylic acids is 1. The van der Waals surface area contributed by atoms with Gasteiger partial charge < -0.3 is 25.0 Å². The largest absolute Gasteiger partial charge is 0.478 e. The number of rotatable bonds is 5. The van der Waals surface area contributed by atoms with Crippen LogP contribution < -0.4 is 10.2 Å². The van der Waals surface area contributed by atoms with Crippen LogP contribution in [0.2, 0.25) is 5.02 Å². The lowest BCUT2D eigenvalue weighted by Gasteiger charge is -2.35. The molecule has 0 unspecified atom stereocenters. The van der Waals surface area contributed by atoms with Gasteiger partial charge in [0.25, 0.3) is 5.91 Å². The molecule has 2 heterocycles. The highest BCUT2D eigenvalue weighted by Gasteiger charge is 2.26. The van der Waals surface area contributed by atoms with Crippen LogP contribution in [0.15, 0.2) is 36.5 Å². The summed E-state index contributed by atoms with van der Waals surface area (Å²) in [5.74, 6) is -1.27. The molecule has 1 aromatic heterocycles. The number of pyridine rings is 1. The Balaban J connectivity index is 1.73. The van der Waals surface area contributed by atoms with E-state index >= 15 is 0 Å². The highest BCUT2D eigenvalue weighted by molar-refractivity contribution is 6.30. The maximum absolute atomic E-state index is 12.4. The van der Waals surface area contributed by atoms with Crippen molar-refractivity contribution in [1.82, 2.24) is 9.88 Å². The molecule has 2 aromatic rings. The van der Waals surface area contributed by atoms with Gasteiger partial charge >= 0.3 is 12.1 Å². The molecule has 0 aliphatic carbocycles. The summed E-state index contributed by atoms with van der Waals surface area (Å²) in [5.41, 5.74) is 0.616. The fourth-order valence-corrected chi connectivity index (χ4v) is 3.18. The predicted molar refractivity (Wildman–Crippen MR) is 111 cm³/mol. The van der Waals surface area contributed by atoms with Crippen LogP contribution in [0.1, 0.15) is 27.6 Å². The molecule has 158 valence electrons. The highest BCUT2D eigenvalue weighted by atomic mass is 35.5. The summed E-state index contributed by atoms with van der Waals surface area (Å²) in [6, 6.07) is 7.70. The third-order valence-corrected chi connectivity index (χ3v) is 4.82. The van der Waals surface area contributed by atoms with Crippen LogP contribution in [0.25, 0.3) is 0 Å². The Hall–Kier alpha value is -3.33. The first-order valence-corrected chi connectivity index (χ1v) is 9.73. The number of amides is 2. The number of halogens is 1. The van der Waals surface area contributed by atoms with Crippen molar-refractivity contribution in [3.05, 3.63) is 52.7 Å². The van der Waals surface area contributed by atoms with Gasteiger partial charge in [0.15, 0.2) is 0 Å². The van der Waals surface area contributed by atoms with Crippen LogP contribution in [0.5, 0.6) is 0 Å². The van der Waals surface area contributed by atoms with E-state index in [1.165, 1.54) is 12.3 Å². The number of hydrogen-bond donors (Lipinski definition) is 2. The third kappa shape index (κ3) is 4.98. The summed E-state index contributed by atoms with van der Waals surface area (Å²) in [6.07, 6.45) is 1.02. The standard InChI is InChI=1S/C20H21ClN4O5/c1-2-30-20(29)25-9-7-24(8-10-25)17-16(19(27)28)11-15(12-22-17)23-18(26)13-3-5-14(21)6-4-13/h3-6,11-12H,2,7-10H2,1H3,(H,23,26)(H,27,28). The number of anilines is 2. The van der Waals surface area contributed by atoms with Gasteiger partial charge in [-0.05, 0) is 37.3 Å². The molecule has 30 heavy (non-hydrogen) atoms. The molecule has 0 saturated carbocycles. The van der Waals surface area contributed by atoms with Crippen molar-refractivity contribution >= 4 is 41.1 Å². The number of carbonyl (C=O) groups excluding carboxylic acids is 2. The van der Waals surface area contributed by atoms with Crippen LogP contribution >= 0.6 is 11.6 Å². The molecular formula is C20H21ClN4O5. The molecule has 9 nitrogen and oxygen atoms in total. The first-order valence-electron chi connectivity index (χ1n) is 9.36. The molecule has 1 saturated heterocycles. The van der Waals surface area contributed by atoms with Gasteiger partial charge in [-0.15, -0.1) is 0 Å². The topological polar surface area (TPSA) is 112 Å². The van der Waals surface area contributed by atoms with Gasteiger partial charge in [-0.25, -0.2) is 14.6 Å². The Morgan fingerprint density at radius 1 is 1.17 bits per heavy atom. The predicted octanol–water partition coefficient (Wildman–Crippen LogP) is 2.96. The lowest BCUT2D eigenvalue weighted by Crippen LogP contribution is -2.49. The van der Waals surface area contributed by atoms with Crippen LogP contribution in [0, 0.1) is 0 Å². The molecule has 1 aliphatic rings. The number of hydrogen-bond acceptors (Lipinski definition) is 6. The molecule has 0 bridgehead atoms. The second-order valence-corrected chi connectivity index (χ2v) is 6.97. The zero-order chi connectivity index (χ0) is 21.7. The molecule has 2 N–H and O–H groups in total. The smallest absolute Gasteiger partial charge is 0.409 e. The lowest BCUT2D eigenvalue weighted by molar-refractivity contribution is 0.0695. The minimum atomic E-state index is -1.16. The monoisotopic (exact) mass is 432 g/mol. The maximum Gasteiger partial charge on any atom is 0.409 e. The SMILES string of the molecule is CCOC(=O)N1CCN(c2ncc(NC(=O)c3ccc(Cl)cc3)cc2C(=O)O)CC1. The molecule has 0 atom stereocenters. The summed E-state index contributed by atoms with van der Waals surface area (Å²) in [7, 11) is 0. The Morgan fingerprint density at radius 2 is 1.83 bits per heavy atom. The van der Waals surface area contributed by atoms with Gasteiger partial charge in [0, 0.05) is 36.8 Å². The van der Waals surface area contributed by atoms with Crippen molar-refractivity contribution in [3.8, 4) is 0 Å². The van der Waals surface area contributed by atoms with E-state index in [0.717, 1.165) is 0 Å². The van der Waals surface area contributed by atoms with Crippen LogP contribution in [0.3, 0.4) is 0 Å². The highest BCUT2D eigenvalue weighted by Crippen LogP contribution is 2.23. The fourth-order valence-electron chi connectivity index (χ4n) is 3.06. The molecule has 0 radical (unpaired) electrons. The molecule has 1 aliphatic heterocycles. The number of ether oxygens (including phenoxy) is 1. The lowest BCUT2D eigenvalue weighted by atomic mass is 10.2. The Labute approximate surface area is 178 Å². The summed E-state index contributed by atoms with van der Waals surface area (Å²) in [5, 5.41) is 12.8. The number of carboxylic acid groups (broad SMARTS) is 1. The number of nitrogens with zero attached hydrogens (tertiary/aromatic N) is 3. The molecule has 0 spiro atoms. The third-order valence-electron chi connectivity index (χ3n) is 4.57.